The van der Waals surface area contributed by atoms with Crippen LogP contribution in [0.25, 0.3) is 0 Å². The summed E-state index contributed by atoms with van der Waals surface area (Å²) in [6.07, 6.45) is 4.65. The maximum Gasteiger partial charge on any atom is 0.151 e. The molecule has 3 nitrogen and oxygen atoms in total. The van der Waals surface area contributed by atoms with Crippen molar-refractivity contribution < 1.29 is 14.3 Å². The van der Waals surface area contributed by atoms with E-state index in [-0.39, 0.29) is 0 Å². The Morgan fingerprint density at radius 1 is 1.33 bits per heavy atom. The van der Waals surface area contributed by atoms with E-state index in [9.17, 15) is 4.79 Å². The van der Waals surface area contributed by atoms with E-state index >= 15 is 0 Å². The van der Waals surface area contributed by atoms with Gasteiger partial charge >= 0.3 is 0 Å². The Labute approximate surface area is 73.0 Å². The minimum atomic E-state index is -0.519. The summed E-state index contributed by atoms with van der Waals surface area (Å²) >= 11 is 0. The average Bonchev–Trinajstić information content (AvgIpc) is 2.18. The fraction of sp³-hybridized carbons (Fsp3) is 0.889. The van der Waals surface area contributed by atoms with Crippen LogP contribution < -0.4 is 0 Å². The van der Waals surface area contributed by atoms with Crippen LogP contribution in [-0.2, 0) is 14.3 Å². The molecule has 0 aromatic rings. The fourth-order valence-electron chi connectivity index (χ4n) is 1.69. The van der Waals surface area contributed by atoms with Gasteiger partial charge < -0.3 is 14.3 Å². The van der Waals surface area contributed by atoms with Crippen LogP contribution in [-0.4, -0.2) is 32.2 Å². The summed E-state index contributed by atoms with van der Waals surface area (Å²) < 4.78 is 10.4. The molecule has 1 saturated carbocycles. The van der Waals surface area contributed by atoms with Gasteiger partial charge in [-0.25, -0.2) is 0 Å². The summed E-state index contributed by atoms with van der Waals surface area (Å²) in [6, 6.07) is 0. The lowest BCUT2D eigenvalue weighted by atomic mass is 9.84. The zero-order chi connectivity index (χ0) is 9.03. The quantitative estimate of drug-likeness (QED) is 0.599. The first kappa shape index (κ1) is 9.68. The number of carbonyl (C=O) groups excluding carboxylic acids is 1. The molecular weight excluding hydrogens is 156 g/mol. The molecule has 0 unspecified atom stereocenters. The van der Waals surface area contributed by atoms with Gasteiger partial charge in [-0.05, 0) is 25.7 Å². The third-order valence-corrected chi connectivity index (χ3v) is 2.73. The normalized spacial score (nSPS) is 36.3. The molecule has 1 fully saturated rings. The van der Waals surface area contributed by atoms with Crippen molar-refractivity contribution in [1.82, 2.24) is 0 Å². The number of aldehydes is 1. The fourth-order valence-corrected chi connectivity index (χ4v) is 1.69. The predicted octanol–water partition coefficient (Wildman–Crippen LogP) is 1.16. The summed E-state index contributed by atoms with van der Waals surface area (Å²) in [5.41, 5.74) is -0.519. The largest absolute Gasteiger partial charge is 0.381 e. The van der Waals surface area contributed by atoms with Gasteiger partial charge in [0.15, 0.2) is 6.29 Å². The molecule has 0 aliphatic heterocycles. The van der Waals surface area contributed by atoms with Gasteiger partial charge in [0.05, 0.1) is 6.10 Å². The molecule has 0 radical (unpaired) electrons. The summed E-state index contributed by atoms with van der Waals surface area (Å²) in [7, 11) is 3.31. The van der Waals surface area contributed by atoms with Crippen molar-refractivity contribution in [3.63, 3.8) is 0 Å². The Hall–Kier alpha value is -0.410. The van der Waals surface area contributed by atoms with Crippen LogP contribution in [0.15, 0.2) is 0 Å². The van der Waals surface area contributed by atoms with Crippen molar-refractivity contribution in [1.29, 1.82) is 0 Å². The minimum absolute atomic E-state index is 0.313. The highest BCUT2D eigenvalue weighted by molar-refractivity contribution is 5.62. The Kier molecular flexibility index (Phi) is 3.23. The smallest absolute Gasteiger partial charge is 0.151 e. The molecule has 0 amide bonds. The zero-order valence-corrected chi connectivity index (χ0v) is 7.71. The molecule has 0 aromatic heterocycles. The number of methoxy groups -OCH3 is 2. The molecule has 3 heteroatoms. The molecule has 0 spiro atoms. The van der Waals surface area contributed by atoms with Gasteiger partial charge in [-0.3, -0.25) is 0 Å². The van der Waals surface area contributed by atoms with Crippen LogP contribution in [0, 0.1) is 0 Å². The molecule has 0 bridgehead atoms. The van der Waals surface area contributed by atoms with Gasteiger partial charge in [0, 0.05) is 14.2 Å². The van der Waals surface area contributed by atoms with Crippen molar-refractivity contribution >= 4 is 6.29 Å². The van der Waals surface area contributed by atoms with Crippen molar-refractivity contribution in [2.24, 2.45) is 0 Å². The standard InChI is InChI=1S/C9H16O3/c1-11-8-3-5-9(7-10,12-2)6-4-8/h7-8H,3-6H2,1-2H3. The van der Waals surface area contributed by atoms with Crippen molar-refractivity contribution in [2.45, 2.75) is 37.4 Å². The molecule has 12 heavy (non-hydrogen) atoms. The van der Waals surface area contributed by atoms with Gasteiger partial charge in [-0.2, -0.15) is 0 Å². The van der Waals surface area contributed by atoms with E-state index in [0.717, 1.165) is 32.0 Å². The van der Waals surface area contributed by atoms with Crippen LogP contribution in [0.2, 0.25) is 0 Å². The summed E-state index contributed by atoms with van der Waals surface area (Å²) in [4.78, 5) is 10.7. The number of rotatable bonds is 3. The van der Waals surface area contributed by atoms with Crippen LogP contribution in [0.3, 0.4) is 0 Å². The molecule has 1 aliphatic carbocycles. The lowest BCUT2D eigenvalue weighted by molar-refractivity contribution is -0.134. The van der Waals surface area contributed by atoms with Crippen LogP contribution in [0.5, 0.6) is 0 Å². The minimum Gasteiger partial charge on any atom is -0.381 e. The van der Waals surface area contributed by atoms with Gasteiger partial charge in [0.2, 0.25) is 0 Å². The van der Waals surface area contributed by atoms with Gasteiger partial charge in [-0.1, -0.05) is 0 Å². The van der Waals surface area contributed by atoms with E-state index in [1.165, 1.54) is 0 Å². The summed E-state index contributed by atoms with van der Waals surface area (Å²) in [5, 5.41) is 0. The van der Waals surface area contributed by atoms with E-state index < -0.39 is 5.60 Å². The third-order valence-electron chi connectivity index (χ3n) is 2.73. The van der Waals surface area contributed by atoms with Crippen LogP contribution in [0.4, 0.5) is 0 Å². The molecular formula is C9H16O3. The van der Waals surface area contributed by atoms with Crippen molar-refractivity contribution in [2.75, 3.05) is 14.2 Å². The summed E-state index contributed by atoms with van der Waals surface area (Å²) in [5.74, 6) is 0. The number of hydrogen-bond donors (Lipinski definition) is 0. The number of carbonyl (C=O) groups is 1. The zero-order valence-electron chi connectivity index (χ0n) is 7.71. The van der Waals surface area contributed by atoms with Crippen molar-refractivity contribution in [3.8, 4) is 0 Å². The second kappa shape index (κ2) is 4.01. The first-order valence-electron chi connectivity index (χ1n) is 4.30. The molecule has 0 N–H and O–H groups in total. The van der Waals surface area contributed by atoms with E-state index in [4.69, 9.17) is 9.47 Å². The van der Waals surface area contributed by atoms with E-state index in [1.54, 1.807) is 14.2 Å². The van der Waals surface area contributed by atoms with Gasteiger partial charge in [0.25, 0.3) is 0 Å². The molecule has 70 valence electrons. The highest BCUT2D eigenvalue weighted by Crippen LogP contribution is 2.30. The highest BCUT2D eigenvalue weighted by atomic mass is 16.5. The van der Waals surface area contributed by atoms with Gasteiger partial charge in [-0.15, -0.1) is 0 Å². The molecule has 0 heterocycles. The molecule has 0 atom stereocenters. The van der Waals surface area contributed by atoms with Gasteiger partial charge in [0.1, 0.15) is 5.60 Å². The number of hydrogen-bond acceptors (Lipinski definition) is 3. The second-order valence-electron chi connectivity index (χ2n) is 3.32. The Morgan fingerprint density at radius 2 is 1.92 bits per heavy atom. The molecule has 0 saturated heterocycles. The first-order chi connectivity index (χ1) is 5.76. The third kappa shape index (κ3) is 1.84. The topological polar surface area (TPSA) is 35.5 Å². The maximum atomic E-state index is 10.7. The highest BCUT2D eigenvalue weighted by Gasteiger charge is 2.34. The summed E-state index contributed by atoms with van der Waals surface area (Å²) in [6.45, 7) is 0. The lowest BCUT2D eigenvalue weighted by Crippen LogP contribution is -2.39. The van der Waals surface area contributed by atoms with E-state index in [1.807, 2.05) is 0 Å². The second-order valence-corrected chi connectivity index (χ2v) is 3.32. The van der Waals surface area contributed by atoms with E-state index in [2.05, 4.69) is 0 Å². The SMILES string of the molecule is COC1CCC(C=O)(OC)CC1. The Bertz CT molecular complexity index is 148. The van der Waals surface area contributed by atoms with Crippen LogP contribution >= 0.6 is 0 Å². The lowest BCUT2D eigenvalue weighted by Gasteiger charge is -2.34. The predicted molar refractivity (Wildman–Crippen MR) is 45.1 cm³/mol. The molecule has 0 aromatic carbocycles. The Balaban J connectivity index is 2.47. The monoisotopic (exact) mass is 172 g/mol. The van der Waals surface area contributed by atoms with E-state index in [0.29, 0.717) is 6.10 Å². The first-order valence-corrected chi connectivity index (χ1v) is 4.30. The molecule has 1 rings (SSSR count). The van der Waals surface area contributed by atoms with Crippen LogP contribution in [0.1, 0.15) is 25.7 Å². The molecule has 1 aliphatic rings. The maximum absolute atomic E-state index is 10.7. The number of ether oxygens (including phenoxy) is 2. The Morgan fingerprint density at radius 3 is 2.25 bits per heavy atom. The average molecular weight is 172 g/mol. The van der Waals surface area contributed by atoms with Crippen molar-refractivity contribution in [3.05, 3.63) is 0 Å².